The highest BCUT2D eigenvalue weighted by Crippen LogP contribution is 2.22. The molecule has 1 amide bonds. The number of nitrogens with zero attached hydrogens (tertiary/aromatic N) is 2. The number of aryl methyl sites for hydroxylation is 3. The van der Waals surface area contributed by atoms with Gasteiger partial charge in [0.25, 0.3) is 5.91 Å². The fourth-order valence-electron chi connectivity index (χ4n) is 2.01. The lowest BCUT2D eigenvalue weighted by molar-refractivity contribution is 0.102. The average Bonchev–Trinajstić information content (AvgIpc) is 2.33. The molecule has 1 N–H and O–H groups in total. The average molecular weight is 276 g/mol. The Bertz CT molecular complexity index is 617. The van der Waals surface area contributed by atoms with Gasteiger partial charge in [0.1, 0.15) is 10.8 Å². The van der Waals surface area contributed by atoms with Gasteiger partial charge in [-0.3, -0.25) is 9.78 Å². The highest BCUT2D eigenvalue weighted by Gasteiger charge is 2.12. The molecule has 98 valence electrons. The summed E-state index contributed by atoms with van der Waals surface area (Å²) in [6, 6.07) is 4.04. The summed E-state index contributed by atoms with van der Waals surface area (Å²) in [5.74, 6) is -0.315. The zero-order valence-electron chi connectivity index (χ0n) is 11.0. The minimum absolute atomic E-state index is 0.199. The molecule has 0 fully saturated rings. The van der Waals surface area contributed by atoms with Gasteiger partial charge in [-0.2, -0.15) is 0 Å². The van der Waals surface area contributed by atoms with E-state index in [4.69, 9.17) is 11.6 Å². The number of nitrogens with one attached hydrogen (secondary N) is 1. The summed E-state index contributed by atoms with van der Waals surface area (Å²) in [5.41, 5.74) is 4.20. The molecule has 1 heterocycles. The molecule has 0 saturated carbocycles. The van der Waals surface area contributed by atoms with Gasteiger partial charge in [-0.05, 0) is 31.9 Å². The minimum atomic E-state index is -0.315. The van der Waals surface area contributed by atoms with Crippen LogP contribution < -0.4 is 5.32 Å². The first-order chi connectivity index (χ1) is 8.97. The van der Waals surface area contributed by atoms with Crippen molar-refractivity contribution in [3.8, 4) is 0 Å². The largest absolute Gasteiger partial charge is 0.320 e. The Hall–Kier alpha value is -1.94. The van der Waals surface area contributed by atoms with Crippen LogP contribution in [0.1, 0.15) is 27.2 Å². The SMILES string of the molecule is Cc1cc(C)c(NC(=O)c2cncc(Cl)n2)c(C)c1. The second-order valence-corrected chi connectivity index (χ2v) is 4.84. The van der Waals surface area contributed by atoms with E-state index in [2.05, 4.69) is 15.3 Å². The van der Waals surface area contributed by atoms with E-state index in [0.717, 1.165) is 22.4 Å². The van der Waals surface area contributed by atoms with E-state index >= 15 is 0 Å². The molecule has 0 aliphatic carbocycles. The zero-order valence-corrected chi connectivity index (χ0v) is 11.7. The van der Waals surface area contributed by atoms with Gasteiger partial charge in [0.2, 0.25) is 0 Å². The summed E-state index contributed by atoms with van der Waals surface area (Å²) >= 11 is 5.72. The lowest BCUT2D eigenvalue weighted by Crippen LogP contribution is -2.15. The van der Waals surface area contributed by atoms with Crippen LogP contribution in [0.25, 0.3) is 0 Å². The van der Waals surface area contributed by atoms with Crippen LogP contribution in [0, 0.1) is 20.8 Å². The highest BCUT2D eigenvalue weighted by molar-refractivity contribution is 6.29. The molecule has 19 heavy (non-hydrogen) atoms. The van der Waals surface area contributed by atoms with E-state index in [9.17, 15) is 4.79 Å². The molecule has 0 radical (unpaired) electrons. The molecular weight excluding hydrogens is 262 g/mol. The third kappa shape index (κ3) is 3.09. The number of hydrogen-bond donors (Lipinski definition) is 1. The predicted molar refractivity (Wildman–Crippen MR) is 75.6 cm³/mol. The number of carbonyl (C=O) groups is 1. The number of amides is 1. The van der Waals surface area contributed by atoms with Crippen molar-refractivity contribution in [3.63, 3.8) is 0 Å². The van der Waals surface area contributed by atoms with Gasteiger partial charge < -0.3 is 5.32 Å². The van der Waals surface area contributed by atoms with Crippen LogP contribution in [-0.4, -0.2) is 15.9 Å². The first-order valence-corrected chi connectivity index (χ1v) is 6.22. The topological polar surface area (TPSA) is 54.9 Å². The second kappa shape index (κ2) is 5.36. The molecule has 5 heteroatoms. The molecule has 0 atom stereocenters. The molecule has 0 saturated heterocycles. The van der Waals surface area contributed by atoms with Crippen molar-refractivity contribution >= 4 is 23.2 Å². The van der Waals surface area contributed by atoms with Crippen LogP contribution in [0.15, 0.2) is 24.5 Å². The Balaban J connectivity index is 2.29. The normalized spacial score (nSPS) is 10.3. The molecule has 1 aromatic carbocycles. The molecule has 2 rings (SSSR count). The van der Waals surface area contributed by atoms with Gasteiger partial charge in [0.05, 0.1) is 12.4 Å². The smallest absolute Gasteiger partial charge is 0.275 e. The molecule has 0 aliphatic heterocycles. The quantitative estimate of drug-likeness (QED) is 0.915. The number of carbonyl (C=O) groups excluding carboxylic acids is 1. The van der Waals surface area contributed by atoms with E-state index in [1.54, 1.807) is 0 Å². The first-order valence-electron chi connectivity index (χ1n) is 5.84. The third-order valence-corrected chi connectivity index (χ3v) is 2.94. The van der Waals surface area contributed by atoms with Gasteiger partial charge in [0, 0.05) is 5.69 Å². The van der Waals surface area contributed by atoms with Crippen molar-refractivity contribution in [1.29, 1.82) is 0 Å². The van der Waals surface area contributed by atoms with E-state index < -0.39 is 0 Å². The molecule has 4 nitrogen and oxygen atoms in total. The molecule has 0 bridgehead atoms. The van der Waals surface area contributed by atoms with Gasteiger partial charge in [-0.15, -0.1) is 0 Å². The molecule has 0 spiro atoms. The van der Waals surface area contributed by atoms with Gasteiger partial charge in [0.15, 0.2) is 0 Å². The van der Waals surface area contributed by atoms with E-state index in [-0.39, 0.29) is 16.8 Å². The van der Waals surface area contributed by atoms with Crippen molar-refractivity contribution < 1.29 is 4.79 Å². The second-order valence-electron chi connectivity index (χ2n) is 4.45. The number of hydrogen-bond acceptors (Lipinski definition) is 3. The third-order valence-electron chi connectivity index (χ3n) is 2.75. The highest BCUT2D eigenvalue weighted by atomic mass is 35.5. The van der Waals surface area contributed by atoms with Crippen molar-refractivity contribution in [2.75, 3.05) is 5.32 Å². The standard InChI is InChI=1S/C14H14ClN3O/c1-8-4-9(2)13(10(3)5-8)18-14(19)11-6-16-7-12(15)17-11/h4-7H,1-3H3,(H,18,19). The lowest BCUT2D eigenvalue weighted by atomic mass is 10.1. The number of rotatable bonds is 2. The summed E-state index contributed by atoms with van der Waals surface area (Å²) in [5, 5.41) is 3.05. The maximum absolute atomic E-state index is 12.1. The summed E-state index contributed by atoms with van der Waals surface area (Å²) in [6.45, 7) is 5.94. The minimum Gasteiger partial charge on any atom is -0.320 e. The predicted octanol–water partition coefficient (Wildman–Crippen LogP) is 3.31. The Morgan fingerprint density at radius 2 is 1.79 bits per heavy atom. The fraction of sp³-hybridized carbons (Fsp3) is 0.214. The Morgan fingerprint density at radius 1 is 1.16 bits per heavy atom. The Labute approximate surface area is 116 Å². The molecular formula is C14H14ClN3O. The van der Waals surface area contributed by atoms with Crippen molar-refractivity contribution in [3.05, 3.63) is 52.1 Å². The van der Waals surface area contributed by atoms with Crippen molar-refractivity contribution in [2.45, 2.75) is 20.8 Å². The molecule has 0 unspecified atom stereocenters. The summed E-state index contributed by atoms with van der Waals surface area (Å²) < 4.78 is 0. The lowest BCUT2D eigenvalue weighted by Gasteiger charge is -2.12. The maximum atomic E-state index is 12.1. The van der Waals surface area contributed by atoms with Crippen molar-refractivity contribution in [2.24, 2.45) is 0 Å². The summed E-state index contributed by atoms with van der Waals surface area (Å²) in [4.78, 5) is 19.9. The Morgan fingerprint density at radius 3 is 2.37 bits per heavy atom. The van der Waals surface area contributed by atoms with E-state index in [1.807, 2.05) is 32.9 Å². The van der Waals surface area contributed by atoms with Crippen LogP contribution in [0.5, 0.6) is 0 Å². The van der Waals surface area contributed by atoms with Crippen LogP contribution in [0.2, 0.25) is 5.15 Å². The first kappa shape index (κ1) is 13.5. The van der Waals surface area contributed by atoms with Gasteiger partial charge >= 0.3 is 0 Å². The molecule has 1 aromatic heterocycles. The number of benzene rings is 1. The molecule has 0 aliphatic rings. The van der Waals surface area contributed by atoms with Crippen LogP contribution in [0.4, 0.5) is 5.69 Å². The number of aromatic nitrogens is 2. The van der Waals surface area contributed by atoms with E-state index in [0.29, 0.717) is 0 Å². The van der Waals surface area contributed by atoms with Crippen molar-refractivity contribution in [1.82, 2.24) is 9.97 Å². The summed E-state index contributed by atoms with van der Waals surface area (Å²) in [6.07, 6.45) is 2.78. The maximum Gasteiger partial charge on any atom is 0.275 e. The monoisotopic (exact) mass is 275 g/mol. The molecule has 2 aromatic rings. The Kier molecular flexibility index (Phi) is 3.81. The van der Waals surface area contributed by atoms with Crippen LogP contribution in [0.3, 0.4) is 0 Å². The van der Waals surface area contributed by atoms with Crippen LogP contribution in [-0.2, 0) is 0 Å². The van der Waals surface area contributed by atoms with Gasteiger partial charge in [-0.25, -0.2) is 4.98 Å². The number of halogens is 1. The van der Waals surface area contributed by atoms with Gasteiger partial charge in [-0.1, -0.05) is 29.3 Å². The fourth-order valence-corrected chi connectivity index (χ4v) is 2.15. The van der Waals surface area contributed by atoms with E-state index in [1.165, 1.54) is 12.4 Å². The zero-order chi connectivity index (χ0) is 14.0. The number of anilines is 1. The van der Waals surface area contributed by atoms with Crippen LogP contribution >= 0.6 is 11.6 Å². The summed E-state index contributed by atoms with van der Waals surface area (Å²) in [7, 11) is 0.